The van der Waals surface area contributed by atoms with Crippen LogP contribution in [0.25, 0.3) is 6.08 Å². The van der Waals surface area contributed by atoms with Crippen LogP contribution in [0.15, 0.2) is 47.2 Å². The summed E-state index contributed by atoms with van der Waals surface area (Å²) in [6, 6.07) is 8.05. The van der Waals surface area contributed by atoms with Crippen LogP contribution in [0, 0.1) is 0 Å². The Morgan fingerprint density at radius 3 is 2.72 bits per heavy atom. The highest BCUT2D eigenvalue weighted by Crippen LogP contribution is 2.11. The van der Waals surface area contributed by atoms with Crippen molar-refractivity contribution in [1.82, 2.24) is 20.2 Å². The third-order valence-electron chi connectivity index (χ3n) is 3.71. The molecular weight excluding hydrogens is 384 g/mol. The van der Waals surface area contributed by atoms with Crippen LogP contribution < -0.4 is 5.48 Å². The van der Waals surface area contributed by atoms with E-state index in [1.165, 1.54) is 11.6 Å². The van der Waals surface area contributed by atoms with Crippen LogP contribution in [0.3, 0.4) is 0 Å². The van der Waals surface area contributed by atoms with E-state index in [0.717, 1.165) is 42.6 Å². The highest BCUT2D eigenvalue weighted by atomic mass is 79.9. The van der Waals surface area contributed by atoms with Gasteiger partial charge in [0, 0.05) is 25.4 Å². The summed E-state index contributed by atoms with van der Waals surface area (Å²) in [4.78, 5) is 13.4. The first-order valence-corrected chi connectivity index (χ1v) is 9.01. The second kappa shape index (κ2) is 10.1. The molecule has 0 spiro atoms. The summed E-state index contributed by atoms with van der Waals surface area (Å²) in [5, 5.41) is 12.8. The van der Waals surface area contributed by atoms with E-state index >= 15 is 0 Å². The first-order chi connectivity index (χ1) is 12.1. The predicted molar refractivity (Wildman–Crippen MR) is 101 cm³/mol. The number of halogens is 1. The lowest BCUT2D eigenvalue weighted by Crippen LogP contribution is -2.28. The highest BCUT2D eigenvalue weighted by molar-refractivity contribution is 9.10. The summed E-state index contributed by atoms with van der Waals surface area (Å²) < 4.78 is 2.93. The molecule has 0 bridgehead atoms. The second-order valence-corrected chi connectivity index (χ2v) is 6.66. The van der Waals surface area contributed by atoms with Gasteiger partial charge in [-0.3, -0.25) is 19.6 Å². The molecule has 0 atom stereocenters. The quantitative estimate of drug-likeness (QED) is 0.381. The van der Waals surface area contributed by atoms with Crippen LogP contribution in [0.2, 0.25) is 0 Å². The van der Waals surface area contributed by atoms with Gasteiger partial charge in [-0.2, -0.15) is 5.10 Å². The molecule has 1 amide bonds. The fourth-order valence-electron chi connectivity index (χ4n) is 2.49. The Kier molecular flexibility index (Phi) is 7.84. The minimum Gasteiger partial charge on any atom is -0.297 e. The van der Waals surface area contributed by atoms with Gasteiger partial charge in [0.1, 0.15) is 0 Å². The van der Waals surface area contributed by atoms with Crippen LogP contribution in [-0.4, -0.2) is 38.9 Å². The first kappa shape index (κ1) is 19.4. The Labute approximate surface area is 156 Å². The van der Waals surface area contributed by atoms with Crippen LogP contribution in [0.1, 0.15) is 24.5 Å². The Morgan fingerprint density at radius 2 is 2.12 bits per heavy atom. The normalized spacial score (nSPS) is 11.4. The van der Waals surface area contributed by atoms with Gasteiger partial charge in [0.05, 0.1) is 17.2 Å². The molecule has 0 unspecified atom stereocenters. The van der Waals surface area contributed by atoms with Crippen molar-refractivity contribution in [2.24, 2.45) is 0 Å². The number of hydroxylamine groups is 1. The summed E-state index contributed by atoms with van der Waals surface area (Å²) in [5.41, 5.74) is 3.71. The zero-order valence-electron chi connectivity index (χ0n) is 14.2. The lowest BCUT2D eigenvalue weighted by molar-refractivity contribution is -0.124. The van der Waals surface area contributed by atoms with E-state index in [0.29, 0.717) is 0 Å². The van der Waals surface area contributed by atoms with E-state index in [2.05, 4.69) is 45.0 Å². The Balaban J connectivity index is 1.91. The SMILES string of the molecule is CCCN(CCn1cc(Br)cn1)Cc1ccc(/C=C/C(=O)NO)cc1. The topological polar surface area (TPSA) is 70.4 Å². The third-order valence-corrected chi connectivity index (χ3v) is 4.12. The number of benzene rings is 1. The molecular formula is C18H23BrN4O2. The average Bonchev–Trinajstić information content (AvgIpc) is 3.04. The molecule has 0 radical (unpaired) electrons. The molecule has 0 aliphatic carbocycles. The lowest BCUT2D eigenvalue weighted by Gasteiger charge is -2.21. The maximum atomic E-state index is 11.0. The minimum atomic E-state index is -0.538. The summed E-state index contributed by atoms with van der Waals surface area (Å²) in [6.45, 7) is 5.86. The molecule has 134 valence electrons. The molecule has 1 heterocycles. The van der Waals surface area contributed by atoms with Gasteiger partial charge in [0.2, 0.25) is 0 Å². The van der Waals surface area contributed by atoms with Crippen molar-refractivity contribution in [3.05, 3.63) is 58.3 Å². The van der Waals surface area contributed by atoms with Crippen molar-refractivity contribution in [2.45, 2.75) is 26.4 Å². The van der Waals surface area contributed by atoms with Crippen molar-refractivity contribution in [3.63, 3.8) is 0 Å². The Bertz CT molecular complexity index is 697. The van der Waals surface area contributed by atoms with Crippen molar-refractivity contribution < 1.29 is 10.0 Å². The van der Waals surface area contributed by atoms with Gasteiger partial charge in [-0.25, -0.2) is 5.48 Å². The molecule has 0 saturated heterocycles. The van der Waals surface area contributed by atoms with Crippen LogP contribution in [0.5, 0.6) is 0 Å². The molecule has 0 aliphatic heterocycles. The number of carbonyl (C=O) groups is 1. The molecule has 2 aromatic rings. The maximum absolute atomic E-state index is 11.0. The monoisotopic (exact) mass is 406 g/mol. The zero-order valence-corrected chi connectivity index (χ0v) is 15.8. The number of aromatic nitrogens is 2. The van der Waals surface area contributed by atoms with Crippen molar-refractivity contribution >= 4 is 27.9 Å². The summed E-state index contributed by atoms with van der Waals surface area (Å²) in [6.07, 6.45) is 7.83. The molecule has 0 aliphatic rings. The number of nitrogens with one attached hydrogen (secondary N) is 1. The van der Waals surface area contributed by atoms with Gasteiger partial charge in [-0.05, 0) is 46.1 Å². The molecule has 0 fully saturated rings. The number of carbonyl (C=O) groups excluding carboxylic acids is 1. The number of hydrogen-bond donors (Lipinski definition) is 2. The molecule has 2 rings (SSSR count). The van der Waals surface area contributed by atoms with Crippen molar-refractivity contribution in [1.29, 1.82) is 0 Å². The van der Waals surface area contributed by atoms with Crippen molar-refractivity contribution in [2.75, 3.05) is 13.1 Å². The lowest BCUT2D eigenvalue weighted by atomic mass is 10.1. The highest BCUT2D eigenvalue weighted by Gasteiger charge is 2.06. The molecule has 25 heavy (non-hydrogen) atoms. The summed E-state index contributed by atoms with van der Waals surface area (Å²) >= 11 is 3.42. The molecule has 2 N–H and O–H groups in total. The molecule has 0 saturated carbocycles. The number of amides is 1. The standard InChI is InChI=1S/C18H23BrN4O2/c1-2-9-22(10-11-23-14-17(19)12-20-23)13-16-5-3-15(4-6-16)7-8-18(24)21-25/h3-8,12,14,25H,2,9-11,13H2,1H3,(H,21,24)/b8-7+. The van der Waals surface area contributed by atoms with E-state index in [1.54, 1.807) is 17.8 Å². The third kappa shape index (κ3) is 6.81. The molecule has 1 aromatic carbocycles. The first-order valence-electron chi connectivity index (χ1n) is 8.22. The molecule has 7 heteroatoms. The van der Waals surface area contributed by atoms with E-state index in [-0.39, 0.29) is 0 Å². The van der Waals surface area contributed by atoms with Gasteiger partial charge in [-0.15, -0.1) is 0 Å². The Morgan fingerprint density at radius 1 is 1.36 bits per heavy atom. The molecule has 1 aromatic heterocycles. The van der Waals surface area contributed by atoms with Crippen LogP contribution >= 0.6 is 15.9 Å². The van der Waals surface area contributed by atoms with Gasteiger partial charge in [0.25, 0.3) is 5.91 Å². The van der Waals surface area contributed by atoms with Crippen LogP contribution in [0.4, 0.5) is 0 Å². The van der Waals surface area contributed by atoms with E-state index < -0.39 is 5.91 Å². The minimum absolute atomic E-state index is 0.538. The van der Waals surface area contributed by atoms with Gasteiger partial charge < -0.3 is 0 Å². The largest absolute Gasteiger partial charge is 0.297 e. The Hall–Kier alpha value is -1.96. The van der Waals surface area contributed by atoms with E-state index in [1.807, 2.05) is 23.0 Å². The predicted octanol–water partition coefficient (Wildman–Crippen LogP) is 3.08. The van der Waals surface area contributed by atoms with Crippen molar-refractivity contribution in [3.8, 4) is 0 Å². The van der Waals surface area contributed by atoms with Gasteiger partial charge in [-0.1, -0.05) is 31.2 Å². The smallest absolute Gasteiger partial charge is 0.267 e. The number of rotatable bonds is 9. The number of hydrogen-bond acceptors (Lipinski definition) is 4. The van der Waals surface area contributed by atoms with E-state index in [4.69, 9.17) is 5.21 Å². The fraction of sp³-hybridized carbons (Fsp3) is 0.333. The van der Waals surface area contributed by atoms with Crippen LogP contribution in [-0.2, 0) is 17.9 Å². The zero-order chi connectivity index (χ0) is 18.1. The number of nitrogens with zero attached hydrogens (tertiary/aromatic N) is 3. The second-order valence-electron chi connectivity index (χ2n) is 5.75. The van der Waals surface area contributed by atoms with Gasteiger partial charge in [0.15, 0.2) is 0 Å². The maximum Gasteiger partial charge on any atom is 0.267 e. The summed E-state index contributed by atoms with van der Waals surface area (Å²) in [5.74, 6) is -0.538. The van der Waals surface area contributed by atoms with E-state index in [9.17, 15) is 4.79 Å². The molecule has 6 nitrogen and oxygen atoms in total. The fourth-order valence-corrected chi connectivity index (χ4v) is 2.82. The van der Waals surface area contributed by atoms with Gasteiger partial charge >= 0.3 is 0 Å². The average molecular weight is 407 g/mol. The summed E-state index contributed by atoms with van der Waals surface area (Å²) in [7, 11) is 0.